The molecule has 7 heteroatoms. The molecular weight excluding hydrogens is 362 g/mol. The van der Waals surface area contributed by atoms with Crippen LogP contribution in [0.5, 0.6) is 5.75 Å². The van der Waals surface area contributed by atoms with E-state index in [0.717, 1.165) is 23.5 Å². The fourth-order valence-electron chi connectivity index (χ4n) is 2.37. The Morgan fingerprint density at radius 1 is 1.00 bits per heavy atom. The van der Waals surface area contributed by atoms with Gasteiger partial charge in [-0.2, -0.15) is 0 Å². The van der Waals surface area contributed by atoms with Gasteiger partial charge in [-0.15, -0.1) is 11.8 Å². The fourth-order valence-corrected chi connectivity index (χ4v) is 3.24. The number of carbonyl (C=O) groups is 2. The summed E-state index contributed by atoms with van der Waals surface area (Å²) in [5.74, 6) is 0.707. The fraction of sp³-hybridized carbons (Fsp3) is 0.300. The van der Waals surface area contributed by atoms with Gasteiger partial charge < -0.3 is 20.7 Å². The van der Waals surface area contributed by atoms with Gasteiger partial charge in [0.05, 0.1) is 12.4 Å². The largest absolute Gasteiger partial charge is 0.497 e. The molecule has 3 N–H and O–H groups in total. The monoisotopic (exact) mass is 385 g/mol. The first kappa shape index (κ1) is 19.1. The van der Waals surface area contributed by atoms with E-state index in [4.69, 9.17) is 4.74 Å². The third-order valence-electron chi connectivity index (χ3n) is 4.06. The topological polar surface area (TPSA) is 79.5 Å². The zero-order valence-electron chi connectivity index (χ0n) is 15.3. The van der Waals surface area contributed by atoms with E-state index in [2.05, 4.69) is 16.0 Å². The van der Waals surface area contributed by atoms with Crippen molar-refractivity contribution in [3.63, 3.8) is 0 Å². The van der Waals surface area contributed by atoms with Crippen LogP contribution in [0.2, 0.25) is 0 Å². The molecule has 1 atom stereocenters. The molecule has 2 aromatic carbocycles. The zero-order valence-corrected chi connectivity index (χ0v) is 16.1. The van der Waals surface area contributed by atoms with E-state index >= 15 is 0 Å². The van der Waals surface area contributed by atoms with Crippen molar-refractivity contribution in [2.45, 2.75) is 36.0 Å². The van der Waals surface area contributed by atoms with Crippen molar-refractivity contribution in [1.82, 2.24) is 5.32 Å². The normalized spacial score (nSPS) is 14.1. The summed E-state index contributed by atoms with van der Waals surface area (Å²) in [6.07, 6.45) is 2.09. The maximum atomic E-state index is 12.4. The highest BCUT2D eigenvalue weighted by Gasteiger charge is 2.23. The summed E-state index contributed by atoms with van der Waals surface area (Å²) in [7, 11) is 1.62. The summed E-state index contributed by atoms with van der Waals surface area (Å²) < 4.78 is 5.14. The lowest BCUT2D eigenvalue weighted by atomic mass is 10.2. The van der Waals surface area contributed by atoms with Gasteiger partial charge in [-0.05, 0) is 68.3 Å². The minimum atomic E-state index is -0.250. The first-order valence-corrected chi connectivity index (χ1v) is 9.70. The van der Waals surface area contributed by atoms with E-state index in [-0.39, 0.29) is 17.2 Å². The van der Waals surface area contributed by atoms with Gasteiger partial charge in [0.25, 0.3) is 0 Å². The average molecular weight is 385 g/mol. The first-order valence-electron chi connectivity index (χ1n) is 8.82. The van der Waals surface area contributed by atoms with Crippen LogP contribution in [0.25, 0.3) is 0 Å². The van der Waals surface area contributed by atoms with Crippen LogP contribution in [0.15, 0.2) is 53.4 Å². The number of carbonyl (C=O) groups excluding carboxylic acids is 2. The van der Waals surface area contributed by atoms with Gasteiger partial charge in [0.15, 0.2) is 0 Å². The Bertz CT molecular complexity index is 789. The van der Waals surface area contributed by atoms with Crippen LogP contribution in [-0.4, -0.2) is 30.3 Å². The van der Waals surface area contributed by atoms with Crippen molar-refractivity contribution in [2.24, 2.45) is 0 Å². The van der Waals surface area contributed by atoms with E-state index in [0.29, 0.717) is 17.4 Å². The Kier molecular flexibility index (Phi) is 6.24. The molecule has 0 spiro atoms. The molecule has 27 heavy (non-hydrogen) atoms. The lowest BCUT2D eigenvalue weighted by Crippen LogP contribution is -2.30. The number of urea groups is 1. The molecule has 0 aromatic heterocycles. The number of rotatable bonds is 7. The number of hydrogen-bond acceptors (Lipinski definition) is 4. The molecule has 142 valence electrons. The first-order chi connectivity index (χ1) is 13.0. The van der Waals surface area contributed by atoms with Gasteiger partial charge in [0.2, 0.25) is 5.91 Å². The van der Waals surface area contributed by atoms with Gasteiger partial charge in [0, 0.05) is 22.3 Å². The third-order valence-corrected chi connectivity index (χ3v) is 5.18. The van der Waals surface area contributed by atoms with Crippen molar-refractivity contribution >= 4 is 35.1 Å². The average Bonchev–Trinajstić information content (AvgIpc) is 3.47. The zero-order chi connectivity index (χ0) is 19.2. The molecule has 0 heterocycles. The number of thioether (sulfide) groups is 1. The summed E-state index contributed by atoms with van der Waals surface area (Å²) >= 11 is 1.48. The second-order valence-corrected chi connectivity index (χ2v) is 7.79. The number of nitrogens with one attached hydrogen (secondary N) is 3. The molecule has 1 unspecified atom stereocenters. The predicted molar refractivity (Wildman–Crippen MR) is 109 cm³/mol. The second-order valence-electron chi connectivity index (χ2n) is 6.37. The highest BCUT2D eigenvalue weighted by atomic mass is 32.2. The summed E-state index contributed by atoms with van der Waals surface area (Å²) in [6, 6.07) is 14.8. The van der Waals surface area contributed by atoms with Gasteiger partial charge in [-0.1, -0.05) is 0 Å². The van der Waals surface area contributed by atoms with Crippen molar-refractivity contribution in [3.05, 3.63) is 48.5 Å². The van der Waals surface area contributed by atoms with Crippen LogP contribution in [0.1, 0.15) is 19.8 Å². The Balaban J connectivity index is 1.49. The van der Waals surface area contributed by atoms with Crippen LogP contribution < -0.4 is 20.7 Å². The van der Waals surface area contributed by atoms with Crippen molar-refractivity contribution in [3.8, 4) is 5.75 Å². The van der Waals surface area contributed by atoms with Gasteiger partial charge in [-0.3, -0.25) is 4.79 Å². The molecule has 3 rings (SSSR count). The Hall–Kier alpha value is -2.67. The third kappa shape index (κ3) is 5.92. The highest BCUT2D eigenvalue weighted by Crippen LogP contribution is 2.26. The number of benzene rings is 2. The Labute approximate surface area is 163 Å². The van der Waals surface area contributed by atoms with E-state index in [9.17, 15) is 9.59 Å². The van der Waals surface area contributed by atoms with Crippen LogP contribution in [0.3, 0.4) is 0 Å². The predicted octanol–water partition coefficient (Wildman–Crippen LogP) is 4.10. The standard InChI is InChI=1S/C20H23N3O3S/c1-13(27-18-11-9-17(26-2)10-12-18)19(24)21-14-3-5-15(6-4-14)22-20(25)23-16-7-8-16/h3-6,9-13,16H,7-8H2,1-2H3,(H,21,24)(H2,22,23,25). The molecule has 1 aliphatic rings. The number of hydrogen-bond donors (Lipinski definition) is 3. The van der Waals surface area contributed by atoms with E-state index in [1.165, 1.54) is 11.8 Å². The molecule has 0 saturated heterocycles. The summed E-state index contributed by atoms with van der Waals surface area (Å²) in [4.78, 5) is 25.1. The van der Waals surface area contributed by atoms with E-state index < -0.39 is 0 Å². The van der Waals surface area contributed by atoms with Crippen molar-refractivity contribution in [1.29, 1.82) is 0 Å². The lowest BCUT2D eigenvalue weighted by molar-refractivity contribution is -0.115. The summed E-state index contributed by atoms with van der Waals surface area (Å²) in [5, 5.41) is 8.29. The maximum Gasteiger partial charge on any atom is 0.319 e. The van der Waals surface area contributed by atoms with Crippen LogP contribution >= 0.6 is 11.8 Å². The smallest absolute Gasteiger partial charge is 0.319 e. The molecule has 1 fully saturated rings. The van der Waals surface area contributed by atoms with Gasteiger partial charge >= 0.3 is 6.03 Å². The van der Waals surface area contributed by atoms with Crippen molar-refractivity contribution in [2.75, 3.05) is 17.7 Å². The molecule has 0 bridgehead atoms. The minimum Gasteiger partial charge on any atom is -0.497 e. The number of anilines is 2. The molecule has 0 radical (unpaired) electrons. The number of methoxy groups -OCH3 is 1. The second kappa shape index (κ2) is 8.81. The van der Waals surface area contributed by atoms with Crippen molar-refractivity contribution < 1.29 is 14.3 Å². The SMILES string of the molecule is COc1ccc(SC(C)C(=O)Nc2ccc(NC(=O)NC3CC3)cc2)cc1. The molecular formula is C20H23N3O3S. The molecule has 1 aliphatic carbocycles. The quantitative estimate of drug-likeness (QED) is 0.627. The van der Waals surface area contributed by atoms with E-state index in [1.54, 1.807) is 31.4 Å². The minimum absolute atomic E-state index is 0.0806. The van der Waals surface area contributed by atoms with Crippen LogP contribution in [-0.2, 0) is 4.79 Å². The maximum absolute atomic E-state index is 12.4. The summed E-state index contributed by atoms with van der Waals surface area (Å²) in [6.45, 7) is 1.86. The number of ether oxygens (including phenoxy) is 1. The molecule has 2 aromatic rings. The molecule has 6 nitrogen and oxygen atoms in total. The molecule has 1 saturated carbocycles. The van der Waals surface area contributed by atoms with E-state index in [1.807, 2.05) is 31.2 Å². The van der Waals surface area contributed by atoms with Crippen LogP contribution in [0.4, 0.5) is 16.2 Å². The lowest BCUT2D eigenvalue weighted by Gasteiger charge is -2.13. The van der Waals surface area contributed by atoms with Gasteiger partial charge in [0.1, 0.15) is 5.75 Å². The summed E-state index contributed by atoms with van der Waals surface area (Å²) in [5.41, 5.74) is 1.38. The number of amides is 3. The van der Waals surface area contributed by atoms with Crippen LogP contribution in [0, 0.1) is 0 Å². The van der Waals surface area contributed by atoms with Gasteiger partial charge in [-0.25, -0.2) is 4.79 Å². The molecule has 3 amide bonds. The Morgan fingerprint density at radius 2 is 1.59 bits per heavy atom. The Morgan fingerprint density at radius 3 is 2.15 bits per heavy atom. The molecule has 0 aliphatic heterocycles. The highest BCUT2D eigenvalue weighted by molar-refractivity contribution is 8.00.